The number of anilines is 1. The standard InChI is InChI=1S/C27H27BrN2O8/c1-25(2,3)37-23(33)29-19-16(12-9-13-17(19)28)27(22(29)32)20(36-21(31)15-10-7-6-8-11-15)18-14-35-26(4,5)30(18)24(34)38-27/h6-13,18,20H,14H2,1-5H3/t18-,20-,27+/m1/s1. The van der Waals surface area contributed by atoms with E-state index in [0.29, 0.717) is 4.47 Å². The lowest BCUT2D eigenvalue weighted by Gasteiger charge is -2.47. The van der Waals surface area contributed by atoms with Gasteiger partial charge in [0, 0.05) is 10.0 Å². The van der Waals surface area contributed by atoms with Crippen LogP contribution in [0.4, 0.5) is 15.3 Å². The van der Waals surface area contributed by atoms with E-state index in [2.05, 4.69) is 15.9 Å². The Labute approximate surface area is 227 Å². The molecule has 0 aromatic heterocycles. The molecule has 11 heteroatoms. The fraction of sp³-hybridized carbons (Fsp3) is 0.407. The first-order chi connectivity index (χ1) is 17.8. The monoisotopic (exact) mass is 586 g/mol. The van der Waals surface area contributed by atoms with E-state index in [9.17, 15) is 19.2 Å². The summed E-state index contributed by atoms with van der Waals surface area (Å²) in [7, 11) is 0. The molecule has 3 heterocycles. The Kier molecular flexibility index (Phi) is 6.07. The zero-order valence-corrected chi connectivity index (χ0v) is 23.1. The van der Waals surface area contributed by atoms with Crippen molar-refractivity contribution in [1.82, 2.24) is 4.90 Å². The highest BCUT2D eigenvalue weighted by Gasteiger charge is 2.71. The van der Waals surface area contributed by atoms with Crippen LogP contribution in [-0.4, -0.2) is 59.0 Å². The van der Waals surface area contributed by atoms with Gasteiger partial charge in [0.1, 0.15) is 17.4 Å². The van der Waals surface area contributed by atoms with Crippen LogP contribution in [0.2, 0.25) is 0 Å². The molecule has 3 amide bonds. The molecule has 38 heavy (non-hydrogen) atoms. The number of carbonyl (C=O) groups excluding carboxylic acids is 4. The lowest BCUT2D eigenvalue weighted by molar-refractivity contribution is -0.177. The summed E-state index contributed by atoms with van der Waals surface area (Å²) >= 11 is 3.43. The predicted octanol–water partition coefficient (Wildman–Crippen LogP) is 4.74. The van der Waals surface area contributed by atoms with Crippen LogP contribution in [0, 0.1) is 0 Å². The Balaban J connectivity index is 1.69. The number of ether oxygens (including phenoxy) is 4. The van der Waals surface area contributed by atoms with E-state index in [0.717, 1.165) is 4.90 Å². The van der Waals surface area contributed by atoms with Crippen LogP contribution in [0.1, 0.15) is 50.5 Å². The molecule has 0 N–H and O–H groups in total. The Morgan fingerprint density at radius 2 is 1.74 bits per heavy atom. The van der Waals surface area contributed by atoms with Gasteiger partial charge in [-0.1, -0.05) is 30.3 Å². The molecule has 10 nitrogen and oxygen atoms in total. The second-order valence-corrected chi connectivity index (χ2v) is 11.6. The molecule has 3 atom stereocenters. The summed E-state index contributed by atoms with van der Waals surface area (Å²) in [5.74, 6) is -1.63. The number of amides is 3. The fourth-order valence-electron chi connectivity index (χ4n) is 5.13. The highest BCUT2D eigenvalue weighted by molar-refractivity contribution is 9.10. The first kappa shape index (κ1) is 26.2. The molecule has 3 aliphatic heterocycles. The van der Waals surface area contributed by atoms with Crippen molar-refractivity contribution < 1.29 is 38.1 Å². The maximum Gasteiger partial charge on any atom is 0.421 e. The second kappa shape index (κ2) is 8.81. The molecule has 2 aromatic carbocycles. The minimum atomic E-state index is -2.16. The van der Waals surface area contributed by atoms with Crippen molar-refractivity contribution >= 4 is 45.7 Å². The summed E-state index contributed by atoms with van der Waals surface area (Å²) in [6.45, 7) is 8.33. The summed E-state index contributed by atoms with van der Waals surface area (Å²) in [5.41, 5.74) is -3.60. The summed E-state index contributed by atoms with van der Waals surface area (Å²) < 4.78 is 23.8. The number of fused-ring (bicyclic) bond motifs is 3. The molecule has 0 unspecified atom stereocenters. The number of carbonyl (C=O) groups is 4. The van der Waals surface area contributed by atoms with Gasteiger partial charge in [-0.25, -0.2) is 19.3 Å². The van der Waals surface area contributed by atoms with Gasteiger partial charge in [-0.05, 0) is 68.7 Å². The number of rotatable bonds is 2. The highest BCUT2D eigenvalue weighted by atomic mass is 79.9. The molecule has 1 spiro atoms. The van der Waals surface area contributed by atoms with E-state index in [1.165, 1.54) is 4.90 Å². The van der Waals surface area contributed by atoms with Crippen molar-refractivity contribution in [2.75, 3.05) is 11.5 Å². The van der Waals surface area contributed by atoms with E-state index in [1.54, 1.807) is 83.1 Å². The maximum absolute atomic E-state index is 14.3. The van der Waals surface area contributed by atoms with Gasteiger partial charge in [-0.15, -0.1) is 0 Å². The van der Waals surface area contributed by atoms with Gasteiger partial charge in [0.2, 0.25) is 0 Å². The molecule has 2 fully saturated rings. The number of para-hydroxylation sites is 1. The van der Waals surface area contributed by atoms with Gasteiger partial charge < -0.3 is 18.9 Å². The van der Waals surface area contributed by atoms with E-state index >= 15 is 0 Å². The number of hydrogen-bond acceptors (Lipinski definition) is 8. The third-order valence-corrected chi connectivity index (χ3v) is 7.31. The van der Waals surface area contributed by atoms with Crippen LogP contribution in [0.15, 0.2) is 53.0 Å². The Bertz CT molecular complexity index is 1340. The van der Waals surface area contributed by atoms with E-state index in [1.807, 2.05) is 0 Å². The average molecular weight is 587 g/mol. The normalized spacial score (nSPS) is 25.6. The average Bonchev–Trinajstić information content (AvgIpc) is 3.28. The van der Waals surface area contributed by atoms with Gasteiger partial charge in [0.15, 0.2) is 6.10 Å². The predicted molar refractivity (Wildman–Crippen MR) is 137 cm³/mol. The third-order valence-electron chi connectivity index (χ3n) is 6.67. The SMILES string of the molecule is CC(C)(C)OC(=O)N1C(=O)[C@]2(OC(=O)N3[C@H](COC3(C)C)[C@H]2OC(=O)c2ccccc2)c2cccc(Br)c21. The lowest BCUT2D eigenvalue weighted by atomic mass is 9.83. The third kappa shape index (κ3) is 3.95. The van der Waals surface area contributed by atoms with Crippen LogP contribution < -0.4 is 4.90 Å². The molecule has 0 bridgehead atoms. The quantitative estimate of drug-likeness (QED) is 0.366. The Morgan fingerprint density at radius 1 is 1.05 bits per heavy atom. The summed E-state index contributed by atoms with van der Waals surface area (Å²) in [6, 6.07) is 12.2. The van der Waals surface area contributed by atoms with Crippen molar-refractivity contribution in [3.05, 3.63) is 64.1 Å². The maximum atomic E-state index is 14.3. The number of imide groups is 1. The van der Waals surface area contributed by atoms with Crippen LogP contribution in [-0.2, 0) is 29.3 Å². The molecule has 0 radical (unpaired) electrons. The first-order valence-corrected chi connectivity index (χ1v) is 12.9. The Morgan fingerprint density at radius 3 is 2.39 bits per heavy atom. The van der Waals surface area contributed by atoms with Crippen molar-refractivity contribution in [2.45, 2.75) is 63.7 Å². The zero-order valence-electron chi connectivity index (χ0n) is 21.5. The zero-order chi connectivity index (χ0) is 27.6. The minimum absolute atomic E-state index is 0.0281. The second-order valence-electron chi connectivity index (χ2n) is 10.7. The molecule has 2 saturated heterocycles. The van der Waals surface area contributed by atoms with Gasteiger partial charge in [-0.3, -0.25) is 9.69 Å². The molecule has 200 valence electrons. The molecular formula is C27H27BrN2O8. The van der Waals surface area contributed by atoms with Gasteiger partial charge in [-0.2, -0.15) is 0 Å². The van der Waals surface area contributed by atoms with E-state index < -0.39 is 53.1 Å². The van der Waals surface area contributed by atoms with Crippen LogP contribution in [0.5, 0.6) is 0 Å². The molecule has 2 aromatic rings. The minimum Gasteiger partial charge on any atom is -0.451 e. The fourth-order valence-corrected chi connectivity index (χ4v) is 5.67. The van der Waals surface area contributed by atoms with Gasteiger partial charge >= 0.3 is 18.2 Å². The van der Waals surface area contributed by atoms with Crippen molar-refractivity contribution in [2.24, 2.45) is 0 Å². The lowest BCUT2D eigenvalue weighted by Crippen LogP contribution is -2.68. The van der Waals surface area contributed by atoms with Crippen molar-refractivity contribution in [3.8, 4) is 0 Å². The number of hydrogen-bond donors (Lipinski definition) is 0. The van der Waals surface area contributed by atoms with E-state index in [-0.39, 0.29) is 23.4 Å². The summed E-state index contributed by atoms with van der Waals surface area (Å²) in [6.07, 6.45) is -3.15. The van der Waals surface area contributed by atoms with Gasteiger partial charge in [0.25, 0.3) is 11.5 Å². The molecule has 0 aliphatic carbocycles. The summed E-state index contributed by atoms with van der Waals surface area (Å²) in [4.78, 5) is 56.6. The molecule has 5 rings (SSSR count). The van der Waals surface area contributed by atoms with Crippen molar-refractivity contribution in [3.63, 3.8) is 0 Å². The Hall–Kier alpha value is -3.44. The van der Waals surface area contributed by atoms with Gasteiger partial charge in [0.05, 0.1) is 17.9 Å². The number of halogens is 1. The molecular weight excluding hydrogens is 560 g/mol. The molecule has 3 aliphatic rings. The smallest absolute Gasteiger partial charge is 0.421 e. The largest absolute Gasteiger partial charge is 0.451 e. The summed E-state index contributed by atoms with van der Waals surface area (Å²) in [5, 5.41) is 0. The van der Waals surface area contributed by atoms with Crippen LogP contribution >= 0.6 is 15.9 Å². The topological polar surface area (TPSA) is 112 Å². The number of nitrogens with zero attached hydrogens (tertiary/aromatic N) is 2. The number of benzene rings is 2. The van der Waals surface area contributed by atoms with Crippen molar-refractivity contribution in [1.29, 1.82) is 0 Å². The molecule has 0 saturated carbocycles. The first-order valence-electron chi connectivity index (χ1n) is 12.1. The highest BCUT2D eigenvalue weighted by Crippen LogP contribution is 2.54. The van der Waals surface area contributed by atoms with Crippen LogP contribution in [0.3, 0.4) is 0 Å². The number of esters is 1. The van der Waals surface area contributed by atoms with Crippen LogP contribution in [0.25, 0.3) is 0 Å². The van der Waals surface area contributed by atoms with E-state index in [4.69, 9.17) is 18.9 Å².